The fourth-order valence-corrected chi connectivity index (χ4v) is 7.21. The molecular weight excluding hydrogens is 532 g/mol. The summed E-state index contributed by atoms with van der Waals surface area (Å²) in [5, 5.41) is 0.887. The van der Waals surface area contributed by atoms with E-state index in [1.54, 1.807) is 12.1 Å². The molecule has 2 heterocycles. The lowest BCUT2D eigenvalue weighted by Gasteiger charge is -2.39. The number of nitrogens with one attached hydrogen (secondary N) is 1. The molecule has 0 bridgehead atoms. The number of carbonyl (C=O) groups excluding carboxylic acids is 1. The van der Waals surface area contributed by atoms with E-state index >= 15 is 13.2 Å². The molecule has 3 aromatic rings. The molecule has 1 unspecified atom stereocenters. The molecule has 222 valence electrons. The second kappa shape index (κ2) is 11.8. The van der Waals surface area contributed by atoms with E-state index in [1.807, 2.05) is 13.0 Å². The maximum absolute atomic E-state index is 16.1. The number of halogens is 4. The highest BCUT2D eigenvalue weighted by Crippen LogP contribution is 2.50. The highest BCUT2D eigenvalue weighted by Gasteiger charge is 2.43. The van der Waals surface area contributed by atoms with Gasteiger partial charge in [-0.15, -0.1) is 0 Å². The Labute approximate surface area is 239 Å². The molecule has 5 rings (SSSR count). The molecule has 1 N–H and O–H groups in total. The van der Waals surface area contributed by atoms with Crippen molar-refractivity contribution in [2.45, 2.75) is 64.5 Å². The first kappa shape index (κ1) is 29.6. The molecule has 1 fully saturated rings. The second-order valence-electron chi connectivity index (χ2n) is 12.7. The maximum Gasteiger partial charge on any atom is 0.337 e. The number of hydrogen-bond donors (Lipinski definition) is 1. The third-order valence-electron chi connectivity index (χ3n) is 9.03. The number of likely N-dealkylation sites (tertiary alicyclic amines) is 1. The molecule has 4 nitrogen and oxygen atoms in total. The number of esters is 1. The van der Waals surface area contributed by atoms with E-state index in [-0.39, 0.29) is 36.4 Å². The number of alkyl halides is 2. The van der Waals surface area contributed by atoms with Crippen molar-refractivity contribution in [2.75, 3.05) is 33.4 Å². The number of methoxy groups -OCH3 is 1. The average molecular weight is 573 g/mol. The van der Waals surface area contributed by atoms with Gasteiger partial charge in [-0.05, 0) is 106 Å². The minimum absolute atomic E-state index is 0.0333. The molecule has 2 aliphatic rings. The standard InChI is InChI=1S/C33H40F4N2O2/c1-19-12-24-23-7-6-22(32(40)41-4)16-28(23)38-31(24)29(25(19)17-33(2,3)37)30-26(35)14-21(15-27(30)36)13-20-8-11-39(18-20)10-5-9-34/h6-7,14-16,19-20,25,29,38H,5,8-13,17-18H2,1-4H3/t19-,20-,25?,29-/m1/s1. The van der Waals surface area contributed by atoms with Crippen LogP contribution in [0.5, 0.6) is 0 Å². The number of aromatic nitrogens is 1. The van der Waals surface area contributed by atoms with Crippen LogP contribution in [0.4, 0.5) is 17.6 Å². The minimum Gasteiger partial charge on any atom is -0.465 e. The molecule has 41 heavy (non-hydrogen) atoms. The number of nitrogens with zero attached hydrogens (tertiary/aromatic N) is 1. The summed E-state index contributed by atoms with van der Waals surface area (Å²) in [5.74, 6) is -2.53. The van der Waals surface area contributed by atoms with Crippen molar-refractivity contribution in [1.29, 1.82) is 0 Å². The molecule has 2 aromatic carbocycles. The van der Waals surface area contributed by atoms with Crippen LogP contribution in [-0.4, -0.2) is 54.9 Å². The fourth-order valence-electron chi connectivity index (χ4n) is 7.21. The number of benzene rings is 2. The predicted molar refractivity (Wildman–Crippen MR) is 153 cm³/mol. The number of carbonyl (C=O) groups is 1. The van der Waals surface area contributed by atoms with Crippen molar-refractivity contribution in [1.82, 2.24) is 9.88 Å². The first-order chi connectivity index (χ1) is 19.5. The van der Waals surface area contributed by atoms with E-state index < -0.39 is 29.2 Å². The third kappa shape index (κ3) is 6.18. The van der Waals surface area contributed by atoms with Gasteiger partial charge in [0.1, 0.15) is 17.3 Å². The summed E-state index contributed by atoms with van der Waals surface area (Å²) in [6, 6.07) is 8.11. The quantitative estimate of drug-likeness (QED) is 0.213. The molecule has 1 aliphatic carbocycles. The number of ether oxygens (including phenoxy) is 1. The van der Waals surface area contributed by atoms with Gasteiger partial charge in [0, 0.05) is 41.2 Å². The molecule has 0 spiro atoms. The van der Waals surface area contributed by atoms with Gasteiger partial charge in [0.2, 0.25) is 0 Å². The zero-order valence-corrected chi connectivity index (χ0v) is 24.3. The van der Waals surface area contributed by atoms with Crippen molar-refractivity contribution < 1.29 is 27.1 Å². The maximum atomic E-state index is 16.1. The lowest BCUT2D eigenvalue weighted by atomic mass is 9.66. The molecule has 0 saturated carbocycles. The van der Waals surface area contributed by atoms with Gasteiger partial charge in [-0.1, -0.05) is 13.0 Å². The monoisotopic (exact) mass is 572 g/mol. The summed E-state index contributed by atoms with van der Waals surface area (Å²) < 4.78 is 64.7. The van der Waals surface area contributed by atoms with Crippen LogP contribution in [0.3, 0.4) is 0 Å². The van der Waals surface area contributed by atoms with Crippen molar-refractivity contribution in [3.63, 3.8) is 0 Å². The highest BCUT2D eigenvalue weighted by atomic mass is 19.1. The molecule has 1 aliphatic heterocycles. The zero-order chi connectivity index (χ0) is 29.5. The highest BCUT2D eigenvalue weighted by molar-refractivity contribution is 5.96. The number of H-pyrrole nitrogens is 1. The van der Waals surface area contributed by atoms with E-state index in [1.165, 1.54) is 33.1 Å². The number of rotatable bonds is 9. The largest absolute Gasteiger partial charge is 0.465 e. The Kier molecular flexibility index (Phi) is 8.51. The molecular formula is C33H40F4N2O2. The summed E-state index contributed by atoms with van der Waals surface area (Å²) in [7, 11) is 1.32. The van der Waals surface area contributed by atoms with Gasteiger partial charge in [0.05, 0.1) is 19.3 Å². The fraction of sp³-hybridized carbons (Fsp3) is 0.545. The van der Waals surface area contributed by atoms with E-state index in [4.69, 9.17) is 4.74 Å². The van der Waals surface area contributed by atoms with Gasteiger partial charge in [-0.25, -0.2) is 18.0 Å². The Morgan fingerprint density at radius 1 is 1.17 bits per heavy atom. The van der Waals surface area contributed by atoms with Crippen LogP contribution in [0.1, 0.15) is 78.7 Å². The molecule has 0 amide bonds. The molecule has 1 aromatic heterocycles. The van der Waals surface area contributed by atoms with Crippen LogP contribution >= 0.6 is 0 Å². The Morgan fingerprint density at radius 2 is 1.90 bits per heavy atom. The normalized spacial score (nSPS) is 23.2. The molecule has 1 saturated heterocycles. The average Bonchev–Trinajstić information content (AvgIpc) is 3.51. The van der Waals surface area contributed by atoms with Crippen molar-refractivity contribution >= 4 is 16.9 Å². The topological polar surface area (TPSA) is 45.3 Å². The third-order valence-corrected chi connectivity index (χ3v) is 9.03. The van der Waals surface area contributed by atoms with Gasteiger partial charge >= 0.3 is 5.97 Å². The number of hydrogen-bond acceptors (Lipinski definition) is 3. The van der Waals surface area contributed by atoms with Gasteiger partial charge < -0.3 is 14.6 Å². The van der Waals surface area contributed by atoms with Crippen LogP contribution in [0.25, 0.3) is 10.9 Å². The molecule has 0 radical (unpaired) electrons. The van der Waals surface area contributed by atoms with Crippen molar-refractivity contribution in [3.05, 3.63) is 69.9 Å². The molecule has 8 heteroatoms. The van der Waals surface area contributed by atoms with Crippen LogP contribution in [0.2, 0.25) is 0 Å². The van der Waals surface area contributed by atoms with E-state index in [0.717, 1.165) is 30.5 Å². The Hall–Kier alpha value is -2.87. The zero-order valence-electron chi connectivity index (χ0n) is 24.3. The first-order valence-corrected chi connectivity index (χ1v) is 14.7. The Bertz CT molecular complexity index is 1390. The van der Waals surface area contributed by atoms with E-state index in [9.17, 15) is 9.18 Å². The van der Waals surface area contributed by atoms with Gasteiger partial charge in [0.15, 0.2) is 0 Å². The summed E-state index contributed by atoms with van der Waals surface area (Å²) in [6.07, 6.45) is 2.75. The summed E-state index contributed by atoms with van der Waals surface area (Å²) in [5.41, 5.74) is 1.73. The SMILES string of the molecule is COC(=O)c1ccc2c3c([nH]c2c1)[C@@H](c1c(F)cc(C[C@H]2CCN(CCCF)C2)cc1F)C(CC(C)(C)F)[C@H](C)C3. The van der Waals surface area contributed by atoms with Crippen molar-refractivity contribution in [3.8, 4) is 0 Å². The van der Waals surface area contributed by atoms with Gasteiger partial charge in [0.25, 0.3) is 0 Å². The van der Waals surface area contributed by atoms with Crippen LogP contribution in [-0.2, 0) is 17.6 Å². The second-order valence-corrected chi connectivity index (χ2v) is 12.7. The van der Waals surface area contributed by atoms with Crippen LogP contribution in [0.15, 0.2) is 30.3 Å². The smallest absolute Gasteiger partial charge is 0.337 e. The number of aromatic amines is 1. The molecule has 4 atom stereocenters. The first-order valence-electron chi connectivity index (χ1n) is 14.7. The van der Waals surface area contributed by atoms with Gasteiger partial charge in [-0.2, -0.15) is 0 Å². The van der Waals surface area contributed by atoms with E-state index in [0.29, 0.717) is 48.1 Å². The minimum atomic E-state index is -1.53. The van der Waals surface area contributed by atoms with Crippen LogP contribution in [0, 0.1) is 29.4 Å². The Balaban J connectivity index is 1.53. The van der Waals surface area contributed by atoms with E-state index in [2.05, 4.69) is 9.88 Å². The lowest BCUT2D eigenvalue weighted by molar-refractivity contribution is 0.0601. The van der Waals surface area contributed by atoms with Gasteiger partial charge in [-0.3, -0.25) is 4.39 Å². The number of fused-ring (bicyclic) bond motifs is 3. The predicted octanol–water partition coefficient (Wildman–Crippen LogP) is 7.54. The lowest BCUT2D eigenvalue weighted by Crippen LogP contribution is -2.34. The summed E-state index contributed by atoms with van der Waals surface area (Å²) >= 11 is 0. The van der Waals surface area contributed by atoms with Crippen LogP contribution < -0.4 is 0 Å². The summed E-state index contributed by atoms with van der Waals surface area (Å²) in [4.78, 5) is 17.7. The van der Waals surface area contributed by atoms with Crippen molar-refractivity contribution in [2.24, 2.45) is 17.8 Å². The summed E-state index contributed by atoms with van der Waals surface area (Å²) in [6.45, 7) is 7.06. The Morgan fingerprint density at radius 3 is 2.56 bits per heavy atom.